The second kappa shape index (κ2) is 8.67. The molecule has 1 aromatic heterocycles. The molecular formula is C13H17NO4S. The van der Waals surface area contributed by atoms with Crippen molar-refractivity contribution in [3.8, 4) is 11.8 Å². The minimum atomic E-state index is -0.189. The van der Waals surface area contributed by atoms with Crippen LogP contribution in [0.1, 0.15) is 14.5 Å². The molecule has 0 radical (unpaired) electrons. The largest absolute Gasteiger partial charge is 0.384 e. The van der Waals surface area contributed by atoms with E-state index in [9.17, 15) is 4.79 Å². The number of thiophene rings is 1. The van der Waals surface area contributed by atoms with Gasteiger partial charge in [-0.1, -0.05) is 11.8 Å². The van der Waals surface area contributed by atoms with Gasteiger partial charge in [0.25, 0.3) is 5.91 Å². The highest BCUT2D eigenvalue weighted by molar-refractivity contribution is 7.14. The van der Waals surface area contributed by atoms with E-state index in [1.165, 1.54) is 11.3 Å². The number of nitrogens with one attached hydrogen (secondary N) is 1. The lowest BCUT2D eigenvalue weighted by Gasteiger charge is -2.14. The normalized spacial score (nSPS) is 11.5. The first-order valence-corrected chi connectivity index (χ1v) is 6.52. The fourth-order valence-corrected chi connectivity index (χ4v) is 2.14. The van der Waals surface area contributed by atoms with Crippen molar-refractivity contribution in [1.29, 1.82) is 0 Å². The average Bonchev–Trinajstić information content (AvgIpc) is 2.89. The van der Waals surface area contributed by atoms with Crippen molar-refractivity contribution in [2.45, 2.75) is 6.10 Å². The first-order chi connectivity index (χ1) is 9.21. The highest BCUT2D eigenvalue weighted by atomic mass is 32.1. The van der Waals surface area contributed by atoms with E-state index < -0.39 is 0 Å². The maximum Gasteiger partial charge on any atom is 0.261 e. The number of ether oxygens (including phenoxy) is 2. The Bertz CT molecular complexity index is 461. The van der Waals surface area contributed by atoms with E-state index in [1.54, 1.807) is 26.4 Å². The number of carbonyl (C=O) groups excluding carboxylic acids is 1. The Hall–Kier alpha value is -1.39. The van der Waals surface area contributed by atoms with Gasteiger partial charge in [-0.2, -0.15) is 0 Å². The third-order valence-corrected chi connectivity index (χ3v) is 3.30. The molecule has 6 heteroatoms. The molecule has 1 atom stereocenters. The summed E-state index contributed by atoms with van der Waals surface area (Å²) in [6.07, 6.45) is -0.164. The monoisotopic (exact) mass is 283 g/mol. The first-order valence-electron chi connectivity index (χ1n) is 5.70. The summed E-state index contributed by atoms with van der Waals surface area (Å²) in [5.74, 6) is 5.13. The van der Waals surface area contributed by atoms with Crippen LogP contribution in [0.25, 0.3) is 0 Å². The second-order valence-corrected chi connectivity index (χ2v) is 4.73. The Balaban J connectivity index is 2.51. The number of rotatable bonds is 6. The van der Waals surface area contributed by atoms with Gasteiger partial charge in [0.2, 0.25) is 0 Å². The van der Waals surface area contributed by atoms with Crippen molar-refractivity contribution >= 4 is 17.2 Å². The Morgan fingerprint density at radius 1 is 1.53 bits per heavy atom. The maximum atomic E-state index is 11.9. The second-order valence-electron chi connectivity index (χ2n) is 3.65. The number of aliphatic hydroxyl groups excluding tert-OH is 1. The lowest BCUT2D eigenvalue weighted by atomic mass is 10.3. The van der Waals surface area contributed by atoms with Gasteiger partial charge in [-0.15, -0.1) is 11.3 Å². The molecule has 0 aliphatic rings. The van der Waals surface area contributed by atoms with E-state index in [4.69, 9.17) is 14.6 Å². The molecular weight excluding hydrogens is 266 g/mol. The number of aliphatic hydroxyl groups is 1. The van der Waals surface area contributed by atoms with E-state index in [-0.39, 0.29) is 18.6 Å². The Kier molecular flexibility index (Phi) is 7.15. The van der Waals surface area contributed by atoms with E-state index in [0.717, 1.165) is 4.88 Å². The van der Waals surface area contributed by atoms with E-state index >= 15 is 0 Å². The molecule has 19 heavy (non-hydrogen) atoms. The van der Waals surface area contributed by atoms with E-state index in [1.807, 2.05) is 0 Å². The standard InChI is InChI=1S/C13H17NO4S/c1-17-9-10(18-2)8-14-13(16)12-6-5-11(19-12)4-3-7-15/h5-6,10,15H,7-9H2,1-2H3,(H,14,16). The SMILES string of the molecule is COCC(CNC(=O)c1ccc(C#CCO)s1)OC. The summed E-state index contributed by atoms with van der Waals surface area (Å²) in [5, 5.41) is 11.4. The summed E-state index contributed by atoms with van der Waals surface area (Å²) in [7, 11) is 3.16. The third kappa shape index (κ3) is 5.41. The molecule has 0 saturated carbocycles. The number of amides is 1. The minimum Gasteiger partial charge on any atom is -0.384 e. The fraction of sp³-hybridized carbons (Fsp3) is 0.462. The zero-order chi connectivity index (χ0) is 14.1. The van der Waals surface area contributed by atoms with Crippen molar-refractivity contribution in [1.82, 2.24) is 5.32 Å². The van der Waals surface area contributed by atoms with Crippen LogP contribution >= 0.6 is 11.3 Å². The number of methoxy groups -OCH3 is 2. The fourth-order valence-electron chi connectivity index (χ4n) is 1.34. The van der Waals surface area contributed by atoms with Crippen LogP contribution < -0.4 is 5.32 Å². The van der Waals surface area contributed by atoms with Gasteiger partial charge in [0.05, 0.1) is 22.5 Å². The Morgan fingerprint density at radius 3 is 2.95 bits per heavy atom. The van der Waals surface area contributed by atoms with Crippen molar-refractivity contribution in [3.63, 3.8) is 0 Å². The van der Waals surface area contributed by atoms with Crippen LogP contribution in [0.5, 0.6) is 0 Å². The highest BCUT2D eigenvalue weighted by Crippen LogP contribution is 2.15. The molecule has 0 aliphatic heterocycles. The molecule has 2 N–H and O–H groups in total. The lowest BCUT2D eigenvalue weighted by molar-refractivity contribution is 0.0286. The number of hydrogen-bond donors (Lipinski definition) is 2. The summed E-state index contributed by atoms with van der Waals surface area (Å²) >= 11 is 1.28. The van der Waals surface area contributed by atoms with Gasteiger partial charge in [-0.05, 0) is 12.1 Å². The molecule has 1 amide bonds. The van der Waals surface area contributed by atoms with E-state index in [0.29, 0.717) is 18.0 Å². The van der Waals surface area contributed by atoms with Crippen LogP contribution in [0, 0.1) is 11.8 Å². The number of carbonyl (C=O) groups is 1. The molecule has 5 nitrogen and oxygen atoms in total. The van der Waals surface area contributed by atoms with Crippen molar-refractivity contribution in [2.24, 2.45) is 0 Å². The molecule has 0 fully saturated rings. The Labute approximate surface area is 116 Å². The molecule has 1 heterocycles. The van der Waals surface area contributed by atoms with Crippen LogP contribution in [0.15, 0.2) is 12.1 Å². The van der Waals surface area contributed by atoms with E-state index in [2.05, 4.69) is 17.2 Å². The molecule has 104 valence electrons. The molecule has 1 rings (SSSR count). The average molecular weight is 283 g/mol. The molecule has 0 aromatic carbocycles. The molecule has 1 unspecified atom stereocenters. The van der Waals surface area contributed by atoms with Crippen molar-refractivity contribution < 1.29 is 19.4 Å². The van der Waals surface area contributed by atoms with Gasteiger partial charge < -0.3 is 19.9 Å². The van der Waals surface area contributed by atoms with Gasteiger partial charge >= 0.3 is 0 Å². The molecule has 0 saturated heterocycles. The molecule has 0 bridgehead atoms. The smallest absolute Gasteiger partial charge is 0.261 e. The predicted octanol–water partition coefficient (Wildman–Crippen LogP) is 0.483. The summed E-state index contributed by atoms with van der Waals surface area (Å²) in [4.78, 5) is 13.2. The molecule has 0 aliphatic carbocycles. The van der Waals surface area contributed by atoms with Crippen LogP contribution in [-0.2, 0) is 9.47 Å². The van der Waals surface area contributed by atoms with Crippen molar-refractivity contribution in [3.05, 3.63) is 21.9 Å². The van der Waals surface area contributed by atoms with Gasteiger partial charge in [0.1, 0.15) is 6.61 Å². The lowest BCUT2D eigenvalue weighted by Crippen LogP contribution is -2.35. The molecule has 1 aromatic rings. The topological polar surface area (TPSA) is 67.8 Å². The van der Waals surface area contributed by atoms with Gasteiger partial charge in [0.15, 0.2) is 0 Å². The van der Waals surface area contributed by atoms with Gasteiger partial charge in [0, 0.05) is 20.8 Å². The maximum absolute atomic E-state index is 11.9. The first kappa shape index (κ1) is 15.7. The summed E-state index contributed by atoms with van der Waals surface area (Å²) in [6.45, 7) is 0.624. The number of hydrogen-bond acceptors (Lipinski definition) is 5. The zero-order valence-corrected chi connectivity index (χ0v) is 11.8. The van der Waals surface area contributed by atoms with Crippen LogP contribution in [0.3, 0.4) is 0 Å². The minimum absolute atomic E-state index is 0.164. The van der Waals surface area contributed by atoms with Crippen LogP contribution in [0.2, 0.25) is 0 Å². The van der Waals surface area contributed by atoms with Crippen molar-refractivity contribution in [2.75, 3.05) is 34.0 Å². The van der Waals surface area contributed by atoms with Gasteiger partial charge in [-0.3, -0.25) is 4.79 Å². The zero-order valence-electron chi connectivity index (χ0n) is 10.9. The van der Waals surface area contributed by atoms with Gasteiger partial charge in [-0.25, -0.2) is 0 Å². The quantitative estimate of drug-likeness (QED) is 0.745. The third-order valence-electron chi connectivity index (χ3n) is 2.30. The van der Waals surface area contributed by atoms with Crippen LogP contribution in [0.4, 0.5) is 0 Å². The summed E-state index contributed by atoms with van der Waals surface area (Å²) in [6, 6.07) is 3.46. The Morgan fingerprint density at radius 2 is 2.32 bits per heavy atom. The predicted molar refractivity (Wildman–Crippen MR) is 73.3 cm³/mol. The highest BCUT2D eigenvalue weighted by Gasteiger charge is 2.12. The van der Waals surface area contributed by atoms with Crippen LogP contribution in [-0.4, -0.2) is 51.1 Å². The summed E-state index contributed by atoms with van der Waals surface area (Å²) < 4.78 is 10.1. The summed E-state index contributed by atoms with van der Waals surface area (Å²) in [5.41, 5.74) is 0. The molecule has 0 spiro atoms.